The Hall–Kier alpha value is -0.400. The Labute approximate surface area is 103 Å². The highest BCUT2D eigenvalue weighted by molar-refractivity contribution is 9.09. The van der Waals surface area contributed by atoms with E-state index in [1.54, 1.807) is 0 Å². The third kappa shape index (κ3) is 2.64. The SMILES string of the molecule is O=S(=O)(NCC1CCCC1Br)c1ccn[nH]1. The van der Waals surface area contributed by atoms with E-state index >= 15 is 0 Å². The molecule has 0 saturated heterocycles. The number of aromatic amines is 1. The molecular formula is C9H14BrN3O2S. The van der Waals surface area contributed by atoms with Crippen molar-refractivity contribution in [2.45, 2.75) is 29.1 Å². The van der Waals surface area contributed by atoms with Crippen LogP contribution in [0.1, 0.15) is 19.3 Å². The molecule has 2 rings (SSSR count). The smallest absolute Gasteiger partial charge is 0.257 e. The van der Waals surface area contributed by atoms with Gasteiger partial charge in [-0.3, -0.25) is 5.10 Å². The molecule has 1 aromatic rings. The fraction of sp³-hybridized carbons (Fsp3) is 0.667. The Kier molecular flexibility index (Phi) is 3.66. The van der Waals surface area contributed by atoms with Crippen molar-refractivity contribution in [2.75, 3.05) is 6.54 Å². The van der Waals surface area contributed by atoms with Crippen molar-refractivity contribution in [3.8, 4) is 0 Å². The van der Waals surface area contributed by atoms with Gasteiger partial charge >= 0.3 is 0 Å². The summed E-state index contributed by atoms with van der Waals surface area (Å²) < 4.78 is 26.1. The van der Waals surface area contributed by atoms with Crippen molar-refractivity contribution in [3.63, 3.8) is 0 Å². The first-order chi connectivity index (χ1) is 7.59. The number of halogens is 1. The van der Waals surface area contributed by atoms with E-state index in [0.29, 0.717) is 17.3 Å². The summed E-state index contributed by atoms with van der Waals surface area (Å²) in [7, 11) is -3.42. The Morgan fingerprint density at radius 3 is 2.94 bits per heavy atom. The monoisotopic (exact) mass is 307 g/mol. The van der Waals surface area contributed by atoms with E-state index in [4.69, 9.17) is 0 Å². The first-order valence-electron chi connectivity index (χ1n) is 5.23. The maximum absolute atomic E-state index is 11.8. The molecular weight excluding hydrogens is 294 g/mol. The van der Waals surface area contributed by atoms with Gasteiger partial charge in [-0.25, -0.2) is 13.1 Å². The number of H-pyrrole nitrogens is 1. The zero-order valence-corrected chi connectivity index (χ0v) is 11.1. The molecule has 1 saturated carbocycles. The molecule has 5 nitrogen and oxygen atoms in total. The van der Waals surface area contributed by atoms with Gasteiger partial charge in [-0.05, 0) is 24.8 Å². The van der Waals surface area contributed by atoms with E-state index in [9.17, 15) is 8.42 Å². The van der Waals surface area contributed by atoms with Crippen molar-refractivity contribution >= 4 is 26.0 Å². The maximum atomic E-state index is 11.8. The molecule has 0 spiro atoms. The lowest BCUT2D eigenvalue weighted by Gasteiger charge is -2.14. The molecule has 16 heavy (non-hydrogen) atoms. The molecule has 0 aliphatic heterocycles. The normalized spacial score (nSPS) is 26.1. The second-order valence-electron chi connectivity index (χ2n) is 3.98. The van der Waals surface area contributed by atoms with E-state index in [0.717, 1.165) is 19.3 Å². The molecule has 0 radical (unpaired) electrons. The highest BCUT2D eigenvalue weighted by Gasteiger charge is 2.26. The van der Waals surface area contributed by atoms with E-state index in [1.165, 1.54) is 12.3 Å². The van der Waals surface area contributed by atoms with Crippen LogP contribution in [0.3, 0.4) is 0 Å². The van der Waals surface area contributed by atoms with Gasteiger partial charge in [0, 0.05) is 11.4 Å². The molecule has 1 heterocycles. The number of nitrogens with zero attached hydrogens (tertiary/aromatic N) is 1. The lowest BCUT2D eigenvalue weighted by molar-refractivity contribution is 0.527. The Morgan fingerprint density at radius 2 is 2.38 bits per heavy atom. The highest BCUT2D eigenvalue weighted by atomic mass is 79.9. The van der Waals surface area contributed by atoms with E-state index in [1.807, 2.05) is 0 Å². The second-order valence-corrected chi connectivity index (χ2v) is 6.89. The Bertz CT molecular complexity index is 432. The number of aromatic nitrogens is 2. The minimum Gasteiger partial charge on any atom is -0.266 e. The quantitative estimate of drug-likeness (QED) is 0.822. The summed E-state index contributed by atoms with van der Waals surface area (Å²) in [5.74, 6) is 0.387. The summed E-state index contributed by atoms with van der Waals surface area (Å²) in [6.45, 7) is 0.483. The predicted molar refractivity (Wildman–Crippen MR) is 63.8 cm³/mol. The van der Waals surface area contributed by atoms with Crippen LogP contribution in [0.4, 0.5) is 0 Å². The minimum atomic E-state index is -3.42. The topological polar surface area (TPSA) is 74.8 Å². The number of hydrogen-bond donors (Lipinski definition) is 2. The van der Waals surface area contributed by atoms with Crippen molar-refractivity contribution in [1.82, 2.24) is 14.9 Å². The first kappa shape index (κ1) is 12.1. The van der Waals surface area contributed by atoms with Crippen LogP contribution < -0.4 is 4.72 Å². The van der Waals surface area contributed by atoms with Crippen LogP contribution >= 0.6 is 15.9 Å². The fourth-order valence-corrected chi connectivity index (χ4v) is 3.69. The molecule has 1 aromatic heterocycles. The van der Waals surface area contributed by atoms with Gasteiger partial charge in [0.1, 0.15) is 0 Å². The van der Waals surface area contributed by atoms with E-state index < -0.39 is 10.0 Å². The number of rotatable bonds is 4. The van der Waals surface area contributed by atoms with Gasteiger partial charge < -0.3 is 0 Å². The summed E-state index contributed by atoms with van der Waals surface area (Å²) >= 11 is 3.57. The van der Waals surface area contributed by atoms with Crippen molar-refractivity contribution in [2.24, 2.45) is 5.92 Å². The van der Waals surface area contributed by atoms with Crippen molar-refractivity contribution in [3.05, 3.63) is 12.3 Å². The largest absolute Gasteiger partial charge is 0.266 e. The fourth-order valence-electron chi connectivity index (χ4n) is 1.91. The zero-order chi connectivity index (χ0) is 11.6. The Balaban J connectivity index is 1.95. The van der Waals surface area contributed by atoms with Gasteiger partial charge in [0.15, 0.2) is 5.03 Å². The maximum Gasteiger partial charge on any atom is 0.257 e. The van der Waals surface area contributed by atoms with Crippen molar-refractivity contribution < 1.29 is 8.42 Å². The summed E-state index contributed by atoms with van der Waals surface area (Å²) in [6.07, 6.45) is 4.78. The predicted octanol–water partition coefficient (Wildman–Crippen LogP) is 1.25. The summed E-state index contributed by atoms with van der Waals surface area (Å²) in [5, 5.41) is 6.20. The summed E-state index contributed by atoms with van der Waals surface area (Å²) in [5.41, 5.74) is 0. The number of sulfonamides is 1. The Morgan fingerprint density at radius 1 is 1.56 bits per heavy atom. The molecule has 2 N–H and O–H groups in total. The van der Waals surface area contributed by atoms with Gasteiger partial charge in [0.2, 0.25) is 0 Å². The second kappa shape index (κ2) is 4.85. The number of alkyl halides is 1. The van der Waals surface area contributed by atoms with Crippen LogP contribution in [0.15, 0.2) is 17.3 Å². The van der Waals surface area contributed by atoms with Crippen LogP contribution in [-0.4, -0.2) is 30.0 Å². The number of hydrogen-bond acceptors (Lipinski definition) is 3. The molecule has 2 atom stereocenters. The summed E-state index contributed by atoms with van der Waals surface area (Å²) in [4.78, 5) is 0.428. The van der Waals surface area contributed by atoms with Crippen LogP contribution in [0.2, 0.25) is 0 Å². The molecule has 90 valence electrons. The minimum absolute atomic E-state index is 0.122. The molecule has 0 amide bonds. The third-order valence-electron chi connectivity index (χ3n) is 2.87. The molecule has 1 aliphatic rings. The van der Waals surface area contributed by atoms with Gasteiger partial charge in [-0.15, -0.1) is 0 Å². The molecule has 7 heteroatoms. The van der Waals surface area contributed by atoms with Crippen LogP contribution in [-0.2, 0) is 10.0 Å². The highest BCUT2D eigenvalue weighted by Crippen LogP contribution is 2.31. The lowest BCUT2D eigenvalue weighted by atomic mass is 10.1. The first-order valence-corrected chi connectivity index (χ1v) is 7.62. The van der Waals surface area contributed by atoms with Crippen LogP contribution in [0.5, 0.6) is 0 Å². The average molecular weight is 308 g/mol. The zero-order valence-electron chi connectivity index (χ0n) is 8.69. The van der Waals surface area contributed by atoms with Crippen LogP contribution in [0, 0.1) is 5.92 Å². The molecule has 1 aliphatic carbocycles. The molecule has 1 fully saturated rings. The van der Waals surface area contributed by atoms with Gasteiger partial charge in [0.05, 0.1) is 6.20 Å². The standard InChI is InChI=1S/C9H14BrN3O2S/c10-8-3-1-2-7(8)6-12-16(14,15)9-4-5-11-13-9/h4-5,7-8,12H,1-3,6H2,(H,11,13). The average Bonchev–Trinajstić information content (AvgIpc) is 2.85. The van der Waals surface area contributed by atoms with E-state index in [-0.39, 0.29) is 5.03 Å². The van der Waals surface area contributed by atoms with Crippen molar-refractivity contribution in [1.29, 1.82) is 0 Å². The molecule has 2 unspecified atom stereocenters. The van der Waals surface area contributed by atoms with Crippen LogP contribution in [0.25, 0.3) is 0 Å². The van der Waals surface area contributed by atoms with E-state index in [2.05, 4.69) is 30.8 Å². The lowest BCUT2D eigenvalue weighted by Crippen LogP contribution is -2.31. The molecule has 0 aromatic carbocycles. The van der Waals surface area contributed by atoms with Gasteiger partial charge in [-0.2, -0.15) is 5.10 Å². The third-order valence-corrected chi connectivity index (χ3v) is 5.43. The number of nitrogens with one attached hydrogen (secondary N) is 2. The molecule has 0 bridgehead atoms. The van der Waals surface area contributed by atoms with Gasteiger partial charge in [-0.1, -0.05) is 22.4 Å². The van der Waals surface area contributed by atoms with Gasteiger partial charge in [0.25, 0.3) is 10.0 Å². The summed E-state index contributed by atoms with van der Waals surface area (Å²) in [6, 6.07) is 1.45.